The predicted octanol–water partition coefficient (Wildman–Crippen LogP) is 3.90. The van der Waals surface area contributed by atoms with Crippen LogP contribution in [0.1, 0.15) is 25.0 Å². The van der Waals surface area contributed by atoms with Crippen molar-refractivity contribution in [3.63, 3.8) is 0 Å². The Balaban J connectivity index is 1.75. The number of halogens is 3. The lowest BCUT2D eigenvalue weighted by Gasteiger charge is -2.29. The average molecular weight is 392 g/mol. The van der Waals surface area contributed by atoms with E-state index in [4.69, 9.17) is 14.2 Å². The lowest BCUT2D eigenvalue weighted by atomic mass is 10.1. The number of rotatable bonds is 4. The number of ether oxygens (including phenoxy) is 3. The van der Waals surface area contributed by atoms with Crippen LogP contribution in [-0.2, 0) is 25.7 Å². The molecule has 0 amide bonds. The molecule has 28 heavy (non-hydrogen) atoms. The van der Waals surface area contributed by atoms with Gasteiger partial charge < -0.3 is 14.2 Å². The average Bonchev–Trinajstić information content (AvgIpc) is 2.58. The summed E-state index contributed by atoms with van der Waals surface area (Å²) in [6.07, 6.45) is 1.13. The number of hydrogen-bond donors (Lipinski definition) is 0. The molecule has 0 atom stereocenters. The van der Waals surface area contributed by atoms with Crippen LogP contribution in [0.3, 0.4) is 0 Å². The Hall–Kier alpha value is -3.29. The van der Waals surface area contributed by atoms with Gasteiger partial charge in [-0.15, -0.1) is 0 Å². The van der Waals surface area contributed by atoms with E-state index in [0.717, 1.165) is 18.2 Å². The van der Waals surface area contributed by atoms with E-state index in [-0.39, 0.29) is 29.1 Å². The first kappa shape index (κ1) is 19.5. The topological polar surface area (TPSA) is 61.8 Å². The van der Waals surface area contributed by atoms with Gasteiger partial charge in [-0.3, -0.25) is 0 Å². The van der Waals surface area contributed by atoms with E-state index < -0.39 is 35.2 Å². The predicted molar refractivity (Wildman–Crippen MR) is 91.3 cm³/mol. The maximum absolute atomic E-state index is 14.2. The molecule has 1 fully saturated rings. The Labute approximate surface area is 158 Å². The van der Waals surface area contributed by atoms with Crippen molar-refractivity contribution in [2.75, 3.05) is 0 Å². The van der Waals surface area contributed by atoms with E-state index in [1.54, 1.807) is 0 Å². The van der Waals surface area contributed by atoms with Gasteiger partial charge in [0.25, 0.3) is 5.79 Å². The highest BCUT2D eigenvalue weighted by Crippen LogP contribution is 2.26. The Morgan fingerprint density at radius 1 is 0.964 bits per heavy atom. The Morgan fingerprint density at radius 3 is 2.25 bits per heavy atom. The molecule has 0 aliphatic carbocycles. The van der Waals surface area contributed by atoms with Crippen molar-refractivity contribution < 1.29 is 37.0 Å². The van der Waals surface area contributed by atoms with Gasteiger partial charge >= 0.3 is 11.9 Å². The van der Waals surface area contributed by atoms with Gasteiger partial charge in [-0.25, -0.2) is 22.8 Å². The zero-order valence-corrected chi connectivity index (χ0v) is 14.9. The van der Waals surface area contributed by atoms with Crippen molar-refractivity contribution in [2.24, 2.45) is 0 Å². The lowest BCUT2D eigenvalue weighted by molar-refractivity contribution is -0.222. The normalized spacial score (nSPS) is 15.7. The zero-order valence-electron chi connectivity index (χ0n) is 14.9. The Bertz CT molecular complexity index is 960. The van der Waals surface area contributed by atoms with Gasteiger partial charge in [0.05, 0.1) is 0 Å². The minimum Gasteiger partial charge on any atom is -0.486 e. The van der Waals surface area contributed by atoms with Crippen LogP contribution in [0.5, 0.6) is 5.75 Å². The maximum Gasteiger partial charge on any atom is 0.348 e. The van der Waals surface area contributed by atoms with E-state index in [9.17, 15) is 22.8 Å². The first-order chi connectivity index (χ1) is 13.1. The van der Waals surface area contributed by atoms with Crippen LogP contribution < -0.4 is 4.74 Å². The number of esters is 2. The fourth-order valence-electron chi connectivity index (χ4n) is 2.46. The molecular formula is C20H15F3O5. The molecule has 0 aromatic heterocycles. The summed E-state index contributed by atoms with van der Waals surface area (Å²) >= 11 is 0. The first-order valence-electron chi connectivity index (χ1n) is 8.19. The van der Waals surface area contributed by atoms with E-state index in [2.05, 4.69) is 0 Å². The maximum atomic E-state index is 14.2. The van der Waals surface area contributed by atoms with Crippen LogP contribution in [0, 0.1) is 17.5 Å². The van der Waals surface area contributed by atoms with Crippen LogP contribution in [0.15, 0.2) is 42.0 Å². The summed E-state index contributed by atoms with van der Waals surface area (Å²) in [5.41, 5.74) is -0.121. The fourth-order valence-corrected chi connectivity index (χ4v) is 2.46. The molecule has 0 N–H and O–H groups in total. The fraction of sp³-hybridized carbons (Fsp3) is 0.200. The number of hydrogen-bond acceptors (Lipinski definition) is 5. The van der Waals surface area contributed by atoms with Gasteiger partial charge in [0.2, 0.25) is 0 Å². The highest BCUT2D eigenvalue weighted by atomic mass is 19.1. The smallest absolute Gasteiger partial charge is 0.348 e. The number of carbonyl (C=O) groups is 2. The molecule has 1 heterocycles. The van der Waals surface area contributed by atoms with E-state index in [1.165, 1.54) is 32.0 Å². The monoisotopic (exact) mass is 392 g/mol. The van der Waals surface area contributed by atoms with Crippen molar-refractivity contribution in [1.29, 1.82) is 0 Å². The highest BCUT2D eigenvalue weighted by Gasteiger charge is 2.38. The largest absolute Gasteiger partial charge is 0.486 e. The molecular weight excluding hydrogens is 377 g/mol. The molecule has 146 valence electrons. The molecule has 8 heteroatoms. The van der Waals surface area contributed by atoms with Crippen molar-refractivity contribution in [1.82, 2.24) is 0 Å². The van der Waals surface area contributed by atoms with Gasteiger partial charge in [-0.2, -0.15) is 0 Å². The molecule has 2 aromatic rings. The second-order valence-corrected chi connectivity index (χ2v) is 6.45. The molecule has 1 saturated heterocycles. The summed E-state index contributed by atoms with van der Waals surface area (Å²) in [5, 5.41) is 0. The number of cyclic esters (lactones) is 2. The zero-order chi connectivity index (χ0) is 20.5. The van der Waals surface area contributed by atoms with Crippen molar-refractivity contribution in [3.8, 4) is 5.75 Å². The molecule has 0 radical (unpaired) electrons. The van der Waals surface area contributed by atoms with Crippen LogP contribution >= 0.6 is 0 Å². The summed E-state index contributed by atoms with van der Waals surface area (Å²) in [4.78, 5) is 23.8. The number of carbonyl (C=O) groups excluding carboxylic acids is 2. The summed E-state index contributed by atoms with van der Waals surface area (Å²) in [5.74, 6) is -5.64. The summed E-state index contributed by atoms with van der Waals surface area (Å²) in [6.45, 7) is 2.52. The van der Waals surface area contributed by atoms with Gasteiger partial charge in [-0.1, -0.05) is 6.07 Å². The number of benzene rings is 2. The van der Waals surface area contributed by atoms with Gasteiger partial charge in [-0.05, 0) is 35.9 Å². The third kappa shape index (κ3) is 4.33. The van der Waals surface area contributed by atoms with E-state index in [0.29, 0.717) is 6.07 Å². The van der Waals surface area contributed by atoms with Crippen molar-refractivity contribution >= 4 is 18.0 Å². The van der Waals surface area contributed by atoms with Crippen LogP contribution in [0.25, 0.3) is 6.08 Å². The highest BCUT2D eigenvalue weighted by molar-refractivity contribution is 6.18. The molecule has 1 aliphatic rings. The standard InChI is InChI=1S/C20H15F3O5/c1-20(2)27-18(24)14(19(25)28-20)7-11-3-6-17(16(23)8-11)26-10-12-4-5-13(21)9-15(12)22/h3-9H,10H2,1-2H3. The molecule has 3 rings (SSSR count). The molecule has 0 bridgehead atoms. The molecule has 5 nitrogen and oxygen atoms in total. The summed E-state index contributed by atoms with van der Waals surface area (Å²) in [6, 6.07) is 6.65. The Kier molecular flexibility index (Phi) is 5.13. The van der Waals surface area contributed by atoms with Crippen LogP contribution in [-0.4, -0.2) is 17.7 Å². The minimum absolute atomic E-state index is 0.0577. The molecule has 0 unspecified atom stereocenters. The quantitative estimate of drug-likeness (QED) is 0.449. The van der Waals surface area contributed by atoms with E-state index in [1.807, 2.05) is 0 Å². The first-order valence-corrected chi connectivity index (χ1v) is 8.19. The minimum atomic E-state index is -1.37. The van der Waals surface area contributed by atoms with Gasteiger partial charge in [0, 0.05) is 25.5 Å². The van der Waals surface area contributed by atoms with Crippen molar-refractivity contribution in [2.45, 2.75) is 26.2 Å². The van der Waals surface area contributed by atoms with Crippen LogP contribution in [0.2, 0.25) is 0 Å². The third-order valence-corrected chi connectivity index (χ3v) is 3.78. The van der Waals surface area contributed by atoms with Crippen molar-refractivity contribution in [3.05, 3.63) is 70.5 Å². The SMILES string of the molecule is CC1(C)OC(=O)C(=Cc2ccc(OCc3ccc(F)cc3F)c(F)c2)C(=O)O1. The second kappa shape index (κ2) is 7.38. The van der Waals surface area contributed by atoms with Crippen LogP contribution in [0.4, 0.5) is 13.2 Å². The summed E-state index contributed by atoms with van der Waals surface area (Å²) in [7, 11) is 0. The van der Waals surface area contributed by atoms with Gasteiger partial charge in [0.1, 0.15) is 23.8 Å². The van der Waals surface area contributed by atoms with Gasteiger partial charge in [0.15, 0.2) is 11.6 Å². The Morgan fingerprint density at radius 2 is 1.64 bits per heavy atom. The summed E-state index contributed by atoms with van der Waals surface area (Å²) < 4.78 is 55.9. The third-order valence-electron chi connectivity index (χ3n) is 3.78. The molecule has 2 aromatic carbocycles. The molecule has 0 spiro atoms. The lowest BCUT2D eigenvalue weighted by Crippen LogP contribution is -2.41. The molecule has 0 saturated carbocycles. The molecule has 1 aliphatic heterocycles. The second-order valence-electron chi connectivity index (χ2n) is 6.45. The van der Waals surface area contributed by atoms with E-state index >= 15 is 0 Å².